The third-order valence-corrected chi connectivity index (χ3v) is 3.56. The van der Waals surface area contributed by atoms with Gasteiger partial charge in [0.15, 0.2) is 0 Å². The van der Waals surface area contributed by atoms with E-state index in [1.807, 2.05) is 0 Å². The van der Waals surface area contributed by atoms with Crippen LogP contribution in [0.25, 0.3) is 0 Å². The number of hydrogen-bond donors (Lipinski definition) is 0. The molecule has 2 unspecified atom stereocenters. The van der Waals surface area contributed by atoms with Crippen LogP contribution >= 0.6 is 9.24 Å². The van der Waals surface area contributed by atoms with Gasteiger partial charge in [-0.1, -0.05) is 33.6 Å². The molecule has 0 aliphatic carbocycles. The Morgan fingerprint density at radius 3 is 1.82 bits per heavy atom. The molecule has 11 heavy (non-hydrogen) atoms. The molecular weight excluding hydrogens is 151 g/mol. The molecule has 0 nitrogen and oxygen atoms in total. The summed E-state index contributed by atoms with van der Waals surface area (Å²) >= 11 is 0. The molecule has 0 fully saturated rings. The average Bonchev–Trinajstić information content (AvgIpc) is 1.88. The van der Waals surface area contributed by atoms with E-state index in [4.69, 9.17) is 0 Å². The molecule has 1 heteroatoms. The van der Waals surface area contributed by atoms with Gasteiger partial charge in [-0.2, -0.15) is 0 Å². The highest BCUT2D eigenvalue weighted by atomic mass is 31.0. The van der Waals surface area contributed by atoms with Gasteiger partial charge in [-0.05, 0) is 30.8 Å². The predicted octanol–water partition coefficient (Wildman–Crippen LogP) is 3.67. The van der Waals surface area contributed by atoms with Gasteiger partial charge in [0.25, 0.3) is 0 Å². The van der Waals surface area contributed by atoms with Gasteiger partial charge >= 0.3 is 0 Å². The summed E-state index contributed by atoms with van der Waals surface area (Å²) in [6.45, 7) is 10.8. The summed E-state index contributed by atoms with van der Waals surface area (Å²) in [4.78, 5) is 0. The van der Waals surface area contributed by atoms with Gasteiger partial charge in [0.05, 0.1) is 0 Å². The van der Waals surface area contributed by atoms with Crippen molar-refractivity contribution in [2.24, 2.45) is 5.92 Å². The first kappa shape index (κ1) is 11.4. The second-order valence-electron chi connectivity index (χ2n) is 3.63. The fourth-order valence-electron chi connectivity index (χ4n) is 1.55. The van der Waals surface area contributed by atoms with Gasteiger partial charge in [-0.15, -0.1) is 9.24 Å². The van der Waals surface area contributed by atoms with E-state index in [1.54, 1.807) is 0 Å². The Hall–Kier alpha value is 0.430. The van der Waals surface area contributed by atoms with Crippen LogP contribution in [0.4, 0.5) is 0 Å². The minimum absolute atomic E-state index is 0.406. The van der Waals surface area contributed by atoms with Gasteiger partial charge in [0.1, 0.15) is 0 Å². The zero-order valence-corrected chi connectivity index (χ0v) is 9.34. The Balaban J connectivity index is 4.01. The van der Waals surface area contributed by atoms with Crippen LogP contribution in [-0.2, 0) is 0 Å². The Kier molecular flexibility index (Phi) is 5.34. The zero-order valence-electron chi connectivity index (χ0n) is 8.19. The van der Waals surface area contributed by atoms with E-state index in [0.29, 0.717) is 11.1 Å². The van der Waals surface area contributed by atoms with Gasteiger partial charge in [-0.3, -0.25) is 0 Å². The summed E-state index contributed by atoms with van der Waals surface area (Å²) in [6, 6.07) is 0. The minimum Gasteiger partial charge on any atom is -0.131 e. The molecular formula is C10H22P. The monoisotopic (exact) mass is 173 g/mol. The molecule has 2 atom stereocenters. The van der Waals surface area contributed by atoms with Crippen molar-refractivity contribution in [2.45, 2.75) is 51.6 Å². The lowest BCUT2D eigenvalue weighted by atomic mass is 9.86. The Morgan fingerprint density at radius 2 is 1.64 bits per heavy atom. The molecule has 0 saturated carbocycles. The van der Waals surface area contributed by atoms with Gasteiger partial charge < -0.3 is 0 Å². The Labute approximate surface area is 74.4 Å². The predicted molar refractivity (Wildman–Crippen MR) is 56.8 cm³/mol. The summed E-state index contributed by atoms with van der Waals surface area (Å²) in [7, 11) is 3.01. The lowest BCUT2D eigenvalue weighted by Crippen LogP contribution is -2.27. The largest absolute Gasteiger partial charge is 0.131 e. The highest BCUT2D eigenvalue weighted by Crippen LogP contribution is 2.36. The first-order valence-electron chi connectivity index (χ1n) is 4.68. The van der Waals surface area contributed by atoms with Gasteiger partial charge in [-0.25, -0.2) is 0 Å². The molecule has 0 aliphatic rings. The summed E-state index contributed by atoms with van der Waals surface area (Å²) in [5.41, 5.74) is 0. The maximum Gasteiger partial charge on any atom is -0.0125 e. The summed E-state index contributed by atoms with van der Waals surface area (Å²) in [5.74, 6) is 0.549. The van der Waals surface area contributed by atoms with E-state index < -0.39 is 0 Å². The van der Waals surface area contributed by atoms with E-state index in [0.717, 1.165) is 0 Å². The molecule has 0 saturated heterocycles. The Bertz CT molecular complexity index is 91.0. The van der Waals surface area contributed by atoms with Crippen LogP contribution in [0, 0.1) is 12.8 Å². The van der Waals surface area contributed by atoms with Crippen molar-refractivity contribution >= 4 is 9.24 Å². The zero-order chi connectivity index (χ0) is 8.91. The van der Waals surface area contributed by atoms with Crippen LogP contribution in [0.1, 0.15) is 46.5 Å². The number of rotatable bonds is 5. The molecule has 0 spiro atoms. The molecule has 0 bridgehead atoms. The third kappa shape index (κ3) is 3.56. The second-order valence-corrected chi connectivity index (χ2v) is 4.78. The second kappa shape index (κ2) is 5.14. The topological polar surface area (TPSA) is 0 Å². The maximum atomic E-state index is 4.13. The molecule has 0 heterocycles. The Morgan fingerprint density at radius 1 is 1.27 bits per heavy atom. The van der Waals surface area contributed by atoms with Crippen LogP contribution < -0.4 is 0 Å². The van der Waals surface area contributed by atoms with E-state index >= 15 is 0 Å². The van der Waals surface area contributed by atoms with Crippen molar-refractivity contribution in [1.29, 1.82) is 0 Å². The van der Waals surface area contributed by atoms with Crippen molar-refractivity contribution in [1.82, 2.24) is 0 Å². The standard InChI is InChI=1S/C10H22P/c1-5-7-10(11,8-6-2)9(3)4/h9H,3,5-8,11H2,1-2,4H3. The highest BCUT2D eigenvalue weighted by molar-refractivity contribution is 7.19. The van der Waals surface area contributed by atoms with Crippen molar-refractivity contribution in [2.75, 3.05) is 0 Å². The molecule has 0 aromatic rings. The molecule has 0 rings (SSSR count). The normalized spacial score (nSPS) is 12.5. The van der Waals surface area contributed by atoms with Gasteiger partial charge in [0, 0.05) is 0 Å². The fourth-order valence-corrected chi connectivity index (χ4v) is 2.13. The van der Waals surface area contributed by atoms with E-state index in [2.05, 4.69) is 36.9 Å². The van der Waals surface area contributed by atoms with E-state index in [-0.39, 0.29) is 0 Å². The van der Waals surface area contributed by atoms with E-state index in [9.17, 15) is 0 Å². The van der Waals surface area contributed by atoms with Crippen molar-refractivity contribution in [3.63, 3.8) is 0 Å². The van der Waals surface area contributed by atoms with Gasteiger partial charge in [0.2, 0.25) is 0 Å². The first-order valence-corrected chi connectivity index (χ1v) is 5.26. The van der Waals surface area contributed by atoms with Crippen molar-refractivity contribution in [3.8, 4) is 0 Å². The molecule has 0 aromatic carbocycles. The van der Waals surface area contributed by atoms with Crippen molar-refractivity contribution < 1.29 is 0 Å². The number of hydrogen-bond acceptors (Lipinski definition) is 0. The van der Waals surface area contributed by atoms with Crippen LogP contribution in [-0.4, -0.2) is 5.16 Å². The summed E-state index contributed by atoms with van der Waals surface area (Å²) < 4.78 is 0. The minimum atomic E-state index is 0.406. The molecule has 0 aliphatic heterocycles. The van der Waals surface area contributed by atoms with Crippen molar-refractivity contribution in [3.05, 3.63) is 6.92 Å². The molecule has 0 amide bonds. The lowest BCUT2D eigenvalue weighted by Gasteiger charge is -2.33. The van der Waals surface area contributed by atoms with Crippen LogP contribution in [0.5, 0.6) is 0 Å². The molecule has 67 valence electrons. The van der Waals surface area contributed by atoms with Crippen LogP contribution in [0.15, 0.2) is 0 Å². The lowest BCUT2D eigenvalue weighted by molar-refractivity contribution is 0.403. The SMILES string of the molecule is [CH2]C(C)C(P)(CCC)CCC. The third-order valence-electron chi connectivity index (χ3n) is 2.41. The highest BCUT2D eigenvalue weighted by Gasteiger charge is 2.25. The summed E-state index contributed by atoms with van der Waals surface area (Å²) in [6.07, 6.45) is 5.11. The average molecular weight is 173 g/mol. The molecule has 0 aromatic heterocycles. The maximum absolute atomic E-state index is 4.13. The molecule has 0 N–H and O–H groups in total. The smallest absolute Gasteiger partial charge is 0.0125 e. The van der Waals surface area contributed by atoms with E-state index in [1.165, 1.54) is 25.7 Å². The molecule has 1 radical (unpaired) electrons. The van der Waals surface area contributed by atoms with Crippen LogP contribution in [0.3, 0.4) is 0 Å². The van der Waals surface area contributed by atoms with Crippen LogP contribution in [0.2, 0.25) is 0 Å². The first-order chi connectivity index (χ1) is 5.06. The quantitative estimate of drug-likeness (QED) is 0.556. The summed E-state index contributed by atoms with van der Waals surface area (Å²) in [5, 5.41) is 0.406. The fraction of sp³-hybridized carbons (Fsp3) is 0.900.